The number of pyridine rings is 1. The first-order chi connectivity index (χ1) is 7.33. The Morgan fingerprint density at radius 1 is 1.53 bits per heavy atom. The Labute approximate surface area is 91.7 Å². The Bertz CT molecular complexity index is 525. The van der Waals surface area contributed by atoms with Crippen LogP contribution in [0.2, 0.25) is 0 Å². The lowest BCUT2D eigenvalue weighted by atomic mass is 10.2. The van der Waals surface area contributed by atoms with Gasteiger partial charge in [-0.15, -0.1) is 11.3 Å². The van der Waals surface area contributed by atoms with Gasteiger partial charge in [-0.2, -0.15) is 0 Å². The van der Waals surface area contributed by atoms with Gasteiger partial charge >= 0.3 is 0 Å². The molecule has 3 rings (SSSR count). The second kappa shape index (κ2) is 3.31. The van der Waals surface area contributed by atoms with Crippen LogP contribution in [-0.4, -0.2) is 16.9 Å². The van der Waals surface area contributed by atoms with Crippen LogP contribution in [0.5, 0.6) is 0 Å². The van der Waals surface area contributed by atoms with Gasteiger partial charge in [0.2, 0.25) is 0 Å². The summed E-state index contributed by atoms with van der Waals surface area (Å²) in [4.78, 5) is 8.75. The van der Waals surface area contributed by atoms with Gasteiger partial charge in [0, 0.05) is 11.8 Å². The molecule has 0 aliphatic heterocycles. The molecule has 1 fully saturated rings. The predicted molar refractivity (Wildman–Crippen MR) is 63.4 cm³/mol. The molecule has 2 N–H and O–H groups in total. The molecule has 0 atom stereocenters. The molecule has 2 aromatic rings. The molecule has 0 radical (unpaired) electrons. The lowest BCUT2D eigenvalue weighted by molar-refractivity contribution is 1.06. The average Bonchev–Trinajstić information content (AvgIpc) is 2.94. The average molecular weight is 217 g/mol. The second-order valence-electron chi connectivity index (χ2n) is 3.77. The maximum atomic E-state index is 5.91. The maximum Gasteiger partial charge on any atom is 0.127 e. The quantitative estimate of drug-likeness (QED) is 0.619. The molecular formula is C11H11N3S. The Morgan fingerprint density at radius 3 is 3.20 bits per heavy atom. The van der Waals surface area contributed by atoms with Crippen LogP contribution in [0.15, 0.2) is 28.7 Å². The predicted octanol–water partition coefficient (Wildman–Crippen LogP) is 2.16. The fraction of sp³-hybridized carbons (Fsp3) is 0.273. The van der Waals surface area contributed by atoms with Crippen molar-refractivity contribution in [2.24, 2.45) is 10.7 Å². The lowest BCUT2D eigenvalue weighted by Crippen LogP contribution is -2.14. The largest absolute Gasteiger partial charge is 0.383 e. The molecule has 1 saturated carbocycles. The van der Waals surface area contributed by atoms with Crippen LogP contribution in [0.4, 0.5) is 0 Å². The molecule has 1 aliphatic rings. The molecule has 0 amide bonds. The van der Waals surface area contributed by atoms with Crippen molar-refractivity contribution < 1.29 is 0 Å². The molecule has 0 unspecified atom stereocenters. The SMILES string of the molecule is NC(=NC1CC1)c1cnc2ccsc2c1. The van der Waals surface area contributed by atoms with Crippen molar-refractivity contribution in [2.75, 3.05) is 0 Å². The van der Waals surface area contributed by atoms with Crippen molar-refractivity contribution in [2.45, 2.75) is 18.9 Å². The van der Waals surface area contributed by atoms with Gasteiger partial charge in [-0.3, -0.25) is 9.98 Å². The molecule has 76 valence electrons. The highest BCUT2D eigenvalue weighted by atomic mass is 32.1. The highest BCUT2D eigenvalue weighted by Crippen LogP contribution is 2.24. The van der Waals surface area contributed by atoms with Gasteiger partial charge in [0.25, 0.3) is 0 Å². The molecule has 1 aliphatic carbocycles. The molecule has 0 saturated heterocycles. The van der Waals surface area contributed by atoms with Crippen LogP contribution in [0.25, 0.3) is 10.2 Å². The minimum Gasteiger partial charge on any atom is -0.383 e. The van der Waals surface area contributed by atoms with Crippen LogP contribution in [0.3, 0.4) is 0 Å². The minimum absolute atomic E-state index is 0.462. The van der Waals surface area contributed by atoms with Crippen LogP contribution in [0, 0.1) is 0 Å². The molecule has 4 heteroatoms. The third-order valence-electron chi connectivity index (χ3n) is 2.47. The second-order valence-corrected chi connectivity index (χ2v) is 4.72. The molecule has 2 heterocycles. The number of nitrogens with two attached hydrogens (primary N) is 1. The van der Waals surface area contributed by atoms with Crippen molar-refractivity contribution in [3.8, 4) is 0 Å². The summed E-state index contributed by atoms with van der Waals surface area (Å²) in [6.07, 6.45) is 4.15. The number of nitrogens with zero attached hydrogens (tertiary/aromatic N) is 2. The zero-order chi connectivity index (χ0) is 10.3. The van der Waals surface area contributed by atoms with Gasteiger partial charge in [-0.1, -0.05) is 0 Å². The number of aliphatic imine (C=N–C) groups is 1. The van der Waals surface area contributed by atoms with Crippen LogP contribution < -0.4 is 5.73 Å². The molecule has 15 heavy (non-hydrogen) atoms. The Hall–Kier alpha value is -1.42. The molecule has 0 spiro atoms. The van der Waals surface area contributed by atoms with Crippen molar-refractivity contribution in [1.82, 2.24) is 4.98 Å². The summed E-state index contributed by atoms with van der Waals surface area (Å²) >= 11 is 1.68. The van der Waals surface area contributed by atoms with Gasteiger partial charge in [-0.05, 0) is 30.4 Å². The number of fused-ring (bicyclic) bond motifs is 1. The Balaban J connectivity index is 2.02. The van der Waals surface area contributed by atoms with E-state index in [1.54, 1.807) is 17.5 Å². The fourth-order valence-corrected chi connectivity index (χ4v) is 2.24. The van der Waals surface area contributed by atoms with Gasteiger partial charge in [0.05, 0.1) is 16.3 Å². The smallest absolute Gasteiger partial charge is 0.127 e. The normalized spacial score (nSPS) is 17.2. The van der Waals surface area contributed by atoms with Crippen LogP contribution >= 0.6 is 11.3 Å². The fourth-order valence-electron chi connectivity index (χ4n) is 1.46. The van der Waals surface area contributed by atoms with Crippen molar-refractivity contribution in [3.05, 3.63) is 29.3 Å². The molecular weight excluding hydrogens is 206 g/mol. The van der Waals surface area contributed by atoms with E-state index in [1.165, 1.54) is 17.5 Å². The Morgan fingerprint density at radius 2 is 2.40 bits per heavy atom. The molecule has 2 aromatic heterocycles. The van der Waals surface area contributed by atoms with Gasteiger partial charge in [0.15, 0.2) is 0 Å². The molecule has 3 nitrogen and oxygen atoms in total. The van der Waals surface area contributed by atoms with Crippen molar-refractivity contribution in [1.29, 1.82) is 0 Å². The summed E-state index contributed by atoms with van der Waals surface area (Å²) in [5.41, 5.74) is 7.88. The zero-order valence-electron chi connectivity index (χ0n) is 8.18. The number of hydrogen-bond acceptors (Lipinski definition) is 3. The monoisotopic (exact) mass is 217 g/mol. The summed E-state index contributed by atoms with van der Waals surface area (Å²) in [6, 6.07) is 4.54. The van der Waals surface area contributed by atoms with E-state index in [0.29, 0.717) is 11.9 Å². The van der Waals surface area contributed by atoms with Gasteiger partial charge in [0.1, 0.15) is 5.84 Å². The van der Waals surface area contributed by atoms with Crippen molar-refractivity contribution in [3.63, 3.8) is 0 Å². The first-order valence-corrected chi connectivity index (χ1v) is 5.88. The number of aromatic nitrogens is 1. The lowest BCUT2D eigenvalue weighted by Gasteiger charge is -1.99. The molecule has 0 aromatic carbocycles. The minimum atomic E-state index is 0.462. The van der Waals surface area contributed by atoms with Gasteiger partial charge in [-0.25, -0.2) is 0 Å². The van der Waals surface area contributed by atoms with E-state index in [1.807, 2.05) is 11.4 Å². The van der Waals surface area contributed by atoms with E-state index in [2.05, 4.69) is 16.0 Å². The highest BCUT2D eigenvalue weighted by molar-refractivity contribution is 7.17. The van der Waals surface area contributed by atoms with Crippen LogP contribution in [0.1, 0.15) is 18.4 Å². The third kappa shape index (κ3) is 1.72. The third-order valence-corrected chi connectivity index (χ3v) is 3.32. The van der Waals surface area contributed by atoms with Crippen molar-refractivity contribution >= 4 is 27.4 Å². The van der Waals surface area contributed by atoms with E-state index >= 15 is 0 Å². The summed E-state index contributed by atoms with van der Waals surface area (Å²) in [6.45, 7) is 0. The maximum absolute atomic E-state index is 5.91. The summed E-state index contributed by atoms with van der Waals surface area (Å²) in [5.74, 6) is 0.625. The molecule has 0 bridgehead atoms. The van der Waals surface area contributed by atoms with E-state index in [-0.39, 0.29) is 0 Å². The topological polar surface area (TPSA) is 51.3 Å². The van der Waals surface area contributed by atoms with Crippen LogP contribution in [-0.2, 0) is 0 Å². The zero-order valence-corrected chi connectivity index (χ0v) is 9.00. The summed E-state index contributed by atoms with van der Waals surface area (Å²) in [7, 11) is 0. The summed E-state index contributed by atoms with van der Waals surface area (Å²) < 4.78 is 1.17. The van der Waals surface area contributed by atoms with E-state index in [0.717, 1.165) is 11.1 Å². The van der Waals surface area contributed by atoms with E-state index in [9.17, 15) is 0 Å². The van der Waals surface area contributed by atoms with E-state index < -0.39 is 0 Å². The standard InChI is InChI=1S/C11H11N3S/c12-11(14-8-1-2-8)7-5-10-9(13-6-7)3-4-15-10/h3-6,8H,1-2H2,(H2,12,14). The number of thiophene rings is 1. The number of hydrogen-bond donors (Lipinski definition) is 1. The first kappa shape index (κ1) is 8.85. The Kier molecular flexibility index (Phi) is 1.95. The summed E-state index contributed by atoms with van der Waals surface area (Å²) in [5, 5.41) is 2.04. The number of amidine groups is 1. The van der Waals surface area contributed by atoms with E-state index in [4.69, 9.17) is 5.73 Å². The van der Waals surface area contributed by atoms with Gasteiger partial charge < -0.3 is 5.73 Å². The first-order valence-electron chi connectivity index (χ1n) is 5.00. The highest BCUT2D eigenvalue weighted by Gasteiger charge is 2.20. The number of rotatable bonds is 2.